The van der Waals surface area contributed by atoms with Crippen molar-refractivity contribution in [1.82, 2.24) is 0 Å². The monoisotopic (exact) mass is 380 g/mol. The van der Waals surface area contributed by atoms with E-state index in [9.17, 15) is 4.79 Å². The van der Waals surface area contributed by atoms with Crippen LogP contribution in [0, 0.1) is 6.92 Å². The molecule has 0 aliphatic carbocycles. The van der Waals surface area contributed by atoms with Gasteiger partial charge in [0.05, 0.1) is 19.8 Å². The van der Waals surface area contributed by atoms with E-state index in [2.05, 4.69) is 0 Å². The molecule has 5 nitrogen and oxygen atoms in total. The van der Waals surface area contributed by atoms with Crippen LogP contribution in [0.4, 0.5) is 0 Å². The first-order chi connectivity index (χ1) is 13.4. The van der Waals surface area contributed by atoms with Crippen LogP contribution in [0.1, 0.15) is 35.3 Å². The van der Waals surface area contributed by atoms with Crippen molar-refractivity contribution >= 4 is 11.9 Å². The fourth-order valence-corrected chi connectivity index (χ4v) is 2.96. The quantitative estimate of drug-likeness (QED) is 0.523. The number of carbonyl (C=O) groups is 1. The lowest BCUT2D eigenvalue weighted by Crippen LogP contribution is -2.00. The number of ketones is 1. The maximum Gasteiger partial charge on any atom is 0.232 e. The molecule has 0 saturated heterocycles. The Hall–Kier alpha value is -3.21. The zero-order valence-corrected chi connectivity index (χ0v) is 16.8. The van der Waals surface area contributed by atoms with Gasteiger partial charge in [-0.2, -0.15) is 0 Å². The van der Waals surface area contributed by atoms with Gasteiger partial charge in [-0.05, 0) is 62.2 Å². The van der Waals surface area contributed by atoms with E-state index in [1.807, 2.05) is 39.0 Å². The molecule has 3 rings (SSSR count). The molecule has 0 spiro atoms. The van der Waals surface area contributed by atoms with E-state index in [0.717, 1.165) is 11.1 Å². The van der Waals surface area contributed by atoms with Gasteiger partial charge in [-0.15, -0.1) is 0 Å². The third-order valence-corrected chi connectivity index (χ3v) is 4.39. The van der Waals surface area contributed by atoms with Gasteiger partial charge in [0, 0.05) is 6.07 Å². The van der Waals surface area contributed by atoms with E-state index in [1.54, 1.807) is 38.5 Å². The molecule has 2 aromatic rings. The Bertz CT molecular complexity index is 965. The van der Waals surface area contributed by atoms with Crippen LogP contribution in [-0.2, 0) is 0 Å². The maximum absolute atomic E-state index is 12.8. The molecule has 2 aromatic carbocycles. The molecule has 1 aliphatic heterocycles. The summed E-state index contributed by atoms with van der Waals surface area (Å²) in [4.78, 5) is 12.8. The summed E-state index contributed by atoms with van der Waals surface area (Å²) < 4.78 is 22.2. The van der Waals surface area contributed by atoms with Gasteiger partial charge in [0.15, 0.2) is 17.3 Å². The largest absolute Gasteiger partial charge is 0.493 e. The zero-order chi connectivity index (χ0) is 20.3. The number of benzene rings is 2. The van der Waals surface area contributed by atoms with E-state index < -0.39 is 0 Å². The highest BCUT2D eigenvalue weighted by Gasteiger charge is 2.30. The van der Waals surface area contributed by atoms with E-state index in [-0.39, 0.29) is 11.5 Å². The second-order valence-electron chi connectivity index (χ2n) is 6.76. The summed E-state index contributed by atoms with van der Waals surface area (Å²) in [5, 5.41) is 0. The predicted molar refractivity (Wildman–Crippen MR) is 109 cm³/mol. The standard InChI is InChI=1S/C23H24O5/c1-14(2)8-9-27-17-10-15(3)22-20(13-17)28-21(23(22)24)12-16-6-7-18(25-4)19(11-16)26-5/h6-8,10-13H,9H2,1-5H3/b21-12-. The predicted octanol–water partition coefficient (Wildman–Crippen LogP) is 4.97. The smallest absolute Gasteiger partial charge is 0.232 e. The third kappa shape index (κ3) is 4.03. The lowest BCUT2D eigenvalue weighted by atomic mass is 10.0. The van der Waals surface area contributed by atoms with Crippen LogP contribution in [-0.4, -0.2) is 26.6 Å². The third-order valence-electron chi connectivity index (χ3n) is 4.39. The first kappa shape index (κ1) is 19.5. The summed E-state index contributed by atoms with van der Waals surface area (Å²) in [5.41, 5.74) is 3.36. The molecule has 0 amide bonds. The number of aryl methyl sites for hydroxylation is 1. The molecular weight excluding hydrogens is 356 g/mol. The van der Waals surface area contributed by atoms with Crippen LogP contribution in [0.5, 0.6) is 23.0 Å². The molecule has 28 heavy (non-hydrogen) atoms. The van der Waals surface area contributed by atoms with Crippen molar-refractivity contribution < 1.29 is 23.7 Å². The molecule has 0 aromatic heterocycles. The highest BCUT2D eigenvalue weighted by Crippen LogP contribution is 2.38. The lowest BCUT2D eigenvalue weighted by molar-refractivity contribution is 0.101. The summed E-state index contributed by atoms with van der Waals surface area (Å²) >= 11 is 0. The number of hydrogen-bond acceptors (Lipinski definition) is 5. The van der Waals surface area contributed by atoms with Crippen LogP contribution in [0.15, 0.2) is 47.7 Å². The average molecular weight is 380 g/mol. The van der Waals surface area contributed by atoms with E-state index >= 15 is 0 Å². The van der Waals surface area contributed by atoms with Gasteiger partial charge >= 0.3 is 0 Å². The van der Waals surface area contributed by atoms with Crippen molar-refractivity contribution in [3.8, 4) is 23.0 Å². The van der Waals surface area contributed by atoms with Gasteiger partial charge in [-0.3, -0.25) is 4.79 Å². The number of Topliss-reactive ketones (excluding diaryl/α,β-unsaturated/α-hetero) is 1. The molecule has 0 N–H and O–H groups in total. The SMILES string of the molecule is COc1ccc(/C=C2\Oc3cc(OCC=C(C)C)cc(C)c3C2=O)cc1OC. The minimum atomic E-state index is -0.141. The summed E-state index contributed by atoms with van der Waals surface area (Å²) in [6.07, 6.45) is 3.70. The van der Waals surface area contributed by atoms with Crippen molar-refractivity contribution in [2.45, 2.75) is 20.8 Å². The molecule has 0 atom stereocenters. The fraction of sp³-hybridized carbons (Fsp3) is 0.261. The molecule has 146 valence electrons. The Labute approximate surface area is 165 Å². The average Bonchev–Trinajstić information content (AvgIpc) is 2.97. The van der Waals surface area contributed by atoms with Crippen LogP contribution < -0.4 is 18.9 Å². The second kappa shape index (κ2) is 8.21. The molecule has 0 fully saturated rings. The summed E-state index contributed by atoms with van der Waals surface area (Å²) in [7, 11) is 3.15. The van der Waals surface area contributed by atoms with Crippen LogP contribution in [0.2, 0.25) is 0 Å². The van der Waals surface area contributed by atoms with Gasteiger partial charge in [0.25, 0.3) is 0 Å². The van der Waals surface area contributed by atoms with Crippen molar-refractivity contribution in [3.05, 3.63) is 64.4 Å². The minimum absolute atomic E-state index is 0.141. The van der Waals surface area contributed by atoms with Crippen LogP contribution in [0.3, 0.4) is 0 Å². The normalized spacial score (nSPS) is 13.8. The molecule has 1 aliphatic rings. The molecule has 1 heterocycles. The topological polar surface area (TPSA) is 54.0 Å². The van der Waals surface area contributed by atoms with Crippen molar-refractivity contribution in [2.75, 3.05) is 20.8 Å². The molecular formula is C23H24O5. The Morgan fingerprint density at radius 3 is 2.50 bits per heavy atom. The first-order valence-corrected chi connectivity index (χ1v) is 9.00. The van der Waals surface area contributed by atoms with Gasteiger partial charge in [0.2, 0.25) is 5.78 Å². The number of allylic oxidation sites excluding steroid dienone is 2. The Morgan fingerprint density at radius 2 is 1.82 bits per heavy atom. The van der Waals surface area contributed by atoms with Crippen molar-refractivity contribution in [2.24, 2.45) is 0 Å². The van der Waals surface area contributed by atoms with Gasteiger partial charge < -0.3 is 18.9 Å². The maximum atomic E-state index is 12.8. The molecule has 0 unspecified atom stereocenters. The summed E-state index contributed by atoms with van der Waals surface area (Å²) in [6.45, 7) is 6.39. The highest BCUT2D eigenvalue weighted by molar-refractivity contribution is 6.15. The summed E-state index contributed by atoms with van der Waals surface area (Å²) in [6, 6.07) is 9.05. The lowest BCUT2D eigenvalue weighted by Gasteiger charge is -2.08. The Morgan fingerprint density at radius 1 is 1.07 bits per heavy atom. The van der Waals surface area contributed by atoms with Gasteiger partial charge in [0.1, 0.15) is 18.1 Å². The molecule has 0 radical (unpaired) electrons. The van der Waals surface area contributed by atoms with E-state index in [0.29, 0.717) is 35.2 Å². The number of rotatable bonds is 6. The Balaban J connectivity index is 1.88. The molecule has 0 bridgehead atoms. The van der Waals surface area contributed by atoms with Gasteiger partial charge in [-0.25, -0.2) is 0 Å². The summed E-state index contributed by atoms with van der Waals surface area (Å²) in [5.74, 6) is 2.54. The number of methoxy groups -OCH3 is 2. The number of carbonyl (C=O) groups excluding carboxylic acids is 1. The van der Waals surface area contributed by atoms with Crippen molar-refractivity contribution in [1.29, 1.82) is 0 Å². The van der Waals surface area contributed by atoms with E-state index in [1.165, 1.54) is 5.57 Å². The van der Waals surface area contributed by atoms with Crippen LogP contribution in [0.25, 0.3) is 6.08 Å². The number of fused-ring (bicyclic) bond motifs is 1. The highest BCUT2D eigenvalue weighted by atomic mass is 16.5. The van der Waals surface area contributed by atoms with Crippen LogP contribution >= 0.6 is 0 Å². The molecule has 5 heteroatoms. The molecule has 0 saturated carbocycles. The number of ether oxygens (including phenoxy) is 4. The Kier molecular flexibility index (Phi) is 5.73. The number of hydrogen-bond donors (Lipinski definition) is 0. The van der Waals surface area contributed by atoms with E-state index in [4.69, 9.17) is 18.9 Å². The first-order valence-electron chi connectivity index (χ1n) is 9.00. The van der Waals surface area contributed by atoms with Gasteiger partial charge in [-0.1, -0.05) is 11.6 Å². The minimum Gasteiger partial charge on any atom is -0.493 e. The van der Waals surface area contributed by atoms with Crippen molar-refractivity contribution in [3.63, 3.8) is 0 Å². The second-order valence-corrected chi connectivity index (χ2v) is 6.76. The fourth-order valence-electron chi connectivity index (χ4n) is 2.96. The zero-order valence-electron chi connectivity index (χ0n) is 16.8.